The Hall–Kier alpha value is -3.28. The van der Waals surface area contributed by atoms with E-state index in [0.717, 1.165) is 17.7 Å². The molecular formula is C20H16F2N2O2. The van der Waals surface area contributed by atoms with Crippen molar-refractivity contribution in [2.45, 2.75) is 13.1 Å². The molecule has 26 heavy (non-hydrogen) atoms. The number of aromatic nitrogens is 1. The average molecular weight is 354 g/mol. The molecule has 0 radical (unpaired) electrons. The van der Waals surface area contributed by atoms with Crippen LogP contribution < -0.4 is 10.9 Å². The fourth-order valence-electron chi connectivity index (χ4n) is 2.54. The van der Waals surface area contributed by atoms with Gasteiger partial charge in [0.15, 0.2) is 11.6 Å². The first-order valence-electron chi connectivity index (χ1n) is 8.00. The Kier molecular flexibility index (Phi) is 5.22. The summed E-state index contributed by atoms with van der Waals surface area (Å²) in [6.45, 7) is 0.340. The molecule has 132 valence electrons. The van der Waals surface area contributed by atoms with E-state index >= 15 is 0 Å². The van der Waals surface area contributed by atoms with E-state index in [1.165, 1.54) is 22.9 Å². The highest BCUT2D eigenvalue weighted by atomic mass is 19.2. The Balaban J connectivity index is 1.77. The van der Waals surface area contributed by atoms with Crippen LogP contribution >= 0.6 is 0 Å². The van der Waals surface area contributed by atoms with Crippen molar-refractivity contribution in [3.8, 4) is 0 Å². The van der Waals surface area contributed by atoms with E-state index in [2.05, 4.69) is 5.32 Å². The molecule has 1 N–H and O–H groups in total. The van der Waals surface area contributed by atoms with E-state index in [1.807, 2.05) is 30.3 Å². The topological polar surface area (TPSA) is 51.1 Å². The van der Waals surface area contributed by atoms with Gasteiger partial charge in [0.2, 0.25) is 0 Å². The number of hydrogen-bond acceptors (Lipinski definition) is 2. The number of nitrogens with one attached hydrogen (secondary N) is 1. The standard InChI is InChI=1S/C20H16F2N2O2/c21-17-9-8-15(11-18(17)22)13-24-10-4-7-16(20(24)26)19(25)23-12-14-5-2-1-3-6-14/h1-11H,12-13H2,(H,23,25). The van der Waals surface area contributed by atoms with Crippen LogP contribution in [0.4, 0.5) is 8.78 Å². The molecule has 0 aliphatic rings. The molecule has 1 aromatic heterocycles. The molecule has 6 heteroatoms. The van der Waals surface area contributed by atoms with Gasteiger partial charge in [-0.3, -0.25) is 9.59 Å². The zero-order valence-electron chi connectivity index (χ0n) is 13.8. The summed E-state index contributed by atoms with van der Waals surface area (Å²) in [5.74, 6) is -2.42. The minimum atomic E-state index is -0.979. The molecule has 0 spiro atoms. The first-order chi connectivity index (χ1) is 12.5. The molecule has 4 nitrogen and oxygen atoms in total. The maximum atomic E-state index is 13.3. The van der Waals surface area contributed by atoms with Gasteiger partial charge in [-0.1, -0.05) is 36.4 Å². The lowest BCUT2D eigenvalue weighted by Gasteiger charge is -2.09. The smallest absolute Gasteiger partial charge is 0.263 e. The van der Waals surface area contributed by atoms with Crippen molar-refractivity contribution in [2.24, 2.45) is 0 Å². The van der Waals surface area contributed by atoms with Crippen molar-refractivity contribution in [1.29, 1.82) is 0 Å². The number of hydrogen-bond donors (Lipinski definition) is 1. The van der Waals surface area contributed by atoms with Crippen LogP contribution in [0.25, 0.3) is 0 Å². The lowest BCUT2D eigenvalue weighted by molar-refractivity contribution is 0.0949. The number of halogens is 2. The number of benzene rings is 2. The predicted molar refractivity (Wildman–Crippen MR) is 93.8 cm³/mol. The van der Waals surface area contributed by atoms with Crippen LogP contribution in [-0.4, -0.2) is 10.5 Å². The maximum absolute atomic E-state index is 13.3. The highest BCUT2D eigenvalue weighted by Crippen LogP contribution is 2.09. The van der Waals surface area contributed by atoms with E-state index in [-0.39, 0.29) is 12.1 Å². The summed E-state index contributed by atoms with van der Waals surface area (Å²) in [6, 6.07) is 15.8. The molecule has 0 unspecified atom stereocenters. The van der Waals surface area contributed by atoms with Crippen molar-refractivity contribution in [1.82, 2.24) is 9.88 Å². The van der Waals surface area contributed by atoms with Gasteiger partial charge in [-0.15, -0.1) is 0 Å². The number of carbonyl (C=O) groups excluding carboxylic acids is 1. The van der Waals surface area contributed by atoms with Crippen molar-refractivity contribution >= 4 is 5.91 Å². The largest absolute Gasteiger partial charge is 0.348 e. The normalized spacial score (nSPS) is 10.5. The summed E-state index contributed by atoms with van der Waals surface area (Å²) in [6.07, 6.45) is 1.50. The molecule has 0 aliphatic carbocycles. The average Bonchev–Trinajstić information content (AvgIpc) is 2.65. The van der Waals surface area contributed by atoms with Gasteiger partial charge >= 0.3 is 0 Å². The van der Waals surface area contributed by atoms with E-state index < -0.39 is 23.1 Å². The highest BCUT2D eigenvalue weighted by molar-refractivity contribution is 5.93. The van der Waals surface area contributed by atoms with Crippen LogP contribution in [0.15, 0.2) is 71.7 Å². The number of carbonyl (C=O) groups is 1. The van der Waals surface area contributed by atoms with Crippen molar-refractivity contribution < 1.29 is 13.6 Å². The van der Waals surface area contributed by atoms with Crippen molar-refractivity contribution in [3.05, 3.63) is 106 Å². The molecule has 1 heterocycles. The van der Waals surface area contributed by atoms with E-state index in [0.29, 0.717) is 12.1 Å². The molecule has 1 amide bonds. The molecular weight excluding hydrogens is 338 g/mol. The third kappa shape index (κ3) is 4.03. The molecule has 0 saturated carbocycles. The second kappa shape index (κ2) is 7.74. The van der Waals surface area contributed by atoms with Crippen LogP contribution in [0.1, 0.15) is 21.5 Å². The molecule has 0 saturated heterocycles. The fraction of sp³-hybridized carbons (Fsp3) is 0.100. The molecule has 0 aliphatic heterocycles. The third-order valence-corrected chi connectivity index (χ3v) is 3.90. The first kappa shape index (κ1) is 17.5. The van der Waals surface area contributed by atoms with Gasteiger partial charge in [0.25, 0.3) is 11.5 Å². The van der Waals surface area contributed by atoms with Gasteiger partial charge < -0.3 is 9.88 Å². The molecule has 3 aromatic rings. The lowest BCUT2D eigenvalue weighted by Crippen LogP contribution is -2.32. The number of pyridine rings is 1. The second-order valence-corrected chi connectivity index (χ2v) is 5.77. The Labute approximate surface area is 148 Å². The number of amides is 1. The zero-order valence-corrected chi connectivity index (χ0v) is 13.8. The van der Waals surface area contributed by atoms with Gasteiger partial charge in [-0.05, 0) is 35.4 Å². The fourth-order valence-corrected chi connectivity index (χ4v) is 2.54. The zero-order chi connectivity index (χ0) is 18.5. The summed E-state index contributed by atoms with van der Waals surface area (Å²) >= 11 is 0. The number of nitrogens with zero attached hydrogens (tertiary/aromatic N) is 1. The Morgan fingerprint density at radius 3 is 2.42 bits per heavy atom. The van der Waals surface area contributed by atoms with Crippen LogP contribution in [0.3, 0.4) is 0 Å². The Morgan fingerprint density at radius 1 is 0.923 bits per heavy atom. The van der Waals surface area contributed by atoms with Crippen LogP contribution in [-0.2, 0) is 13.1 Å². The van der Waals surface area contributed by atoms with Crippen LogP contribution in [0, 0.1) is 11.6 Å². The monoisotopic (exact) mass is 354 g/mol. The van der Waals surface area contributed by atoms with Crippen LogP contribution in [0.2, 0.25) is 0 Å². The maximum Gasteiger partial charge on any atom is 0.263 e. The highest BCUT2D eigenvalue weighted by Gasteiger charge is 2.12. The quantitative estimate of drug-likeness (QED) is 0.765. The summed E-state index contributed by atoms with van der Waals surface area (Å²) < 4.78 is 27.6. The SMILES string of the molecule is O=C(NCc1ccccc1)c1cccn(Cc2ccc(F)c(F)c2)c1=O. The third-order valence-electron chi connectivity index (χ3n) is 3.90. The minimum absolute atomic E-state index is 0.00832. The molecule has 2 aromatic carbocycles. The summed E-state index contributed by atoms with van der Waals surface area (Å²) in [5.41, 5.74) is 0.834. The van der Waals surface area contributed by atoms with Gasteiger partial charge in [0.1, 0.15) is 5.56 Å². The minimum Gasteiger partial charge on any atom is -0.348 e. The molecule has 0 bridgehead atoms. The van der Waals surface area contributed by atoms with Gasteiger partial charge in [-0.2, -0.15) is 0 Å². The lowest BCUT2D eigenvalue weighted by atomic mass is 10.2. The summed E-state index contributed by atoms with van der Waals surface area (Å²) in [4.78, 5) is 24.8. The second-order valence-electron chi connectivity index (χ2n) is 5.77. The first-order valence-corrected chi connectivity index (χ1v) is 8.00. The van der Waals surface area contributed by atoms with E-state index in [9.17, 15) is 18.4 Å². The van der Waals surface area contributed by atoms with Crippen molar-refractivity contribution in [3.63, 3.8) is 0 Å². The van der Waals surface area contributed by atoms with E-state index in [4.69, 9.17) is 0 Å². The summed E-state index contributed by atoms with van der Waals surface area (Å²) in [5, 5.41) is 2.70. The molecule has 0 atom stereocenters. The van der Waals surface area contributed by atoms with Gasteiger partial charge in [0.05, 0.1) is 6.54 Å². The van der Waals surface area contributed by atoms with Crippen LogP contribution in [0.5, 0.6) is 0 Å². The van der Waals surface area contributed by atoms with Crippen molar-refractivity contribution in [2.75, 3.05) is 0 Å². The Bertz CT molecular complexity index is 985. The predicted octanol–water partition coefficient (Wildman–Crippen LogP) is 3.10. The molecule has 0 fully saturated rings. The summed E-state index contributed by atoms with van der Waals surface area (Å²) in [7, 11) is 0. The van der Waals surface area contributed by atoms with Gasteiger partial charge in [0, 0.05) is 12.7 Å². The number of rotatable bonds is 5. The van der Waals surface area contributed by atoms with Gasteiger partial charge in [-0.25, -0.2) is 8.78 Å². The Morgan fingerprint density at radius 2 is 1.69 bits per heavy atom. The molecule has 3 rings (SSSR count). The van der Waals surface area contributed by atoms with E-state index in [1.54, 1.807) is 6.07 Å².